The van der Waals surface area contributed by atoms with Crippen molar-refractivity contribution >= 4 is 5.96 Å². The van der Waals surface area contributed by atoms with Gasteiger partial charge in [0.2, 0.25) is 0 Å². The van der Waals surface area contributed by atoms with E-state index < -0.39 is 0 Å². The summed E-state index contributed by atoms with van der Waals surface area (Å²) in [5, 5.41) is 6.63. The van der Waals surface area contributed by atoms with Gasteiger partial charge in [0.15, 0.2) is 17.5 Å². The summed E-state index contributed by atoms with van der Waals surface area (Å²) in [7, 11) is 0. The number of guanidine groups is 1. The Morgan fingerprint density at radius 3 is 2.77 bits per heavy atom. The highest BCUT2D eigenvalue weighted by Gasteiger charge is 2.10. The Morgan fingerprint density at radius 1 is 1.19 bits per heavy atom. The highest BCUT2D eigenvalue weighted by molar-refractivity contribution is 5.79. The van der Waals surface area contributed by atoms with Crippen LogP contribution < -0.4 is 20.1 Å². The van der Waals surface area contributed by atoms with Crippen molar-refractivity contribution in [1.29, 1.82) is 0 Å². The summed E-state index contributed by atoms with van der Waals surface area (Å²) in [6.45, 7) is 11.6. The Balaban J connectivity index is 1.81. The number of hydrogen-bond donors (Lipinski definition) is 2. The molecule has 0 aromatic heterocycles. The minimum absolute atomic E-state index is 0.581. The molecule has 1 aromatic carbocycles. The summed E-state index contributed by atoms with van der Waals surface area (Å²) in [5.74, 6) is 3.04. The van der Waals surface area contributed by atoms with Gasteiger partial charge in [-0.1, -0.05) is 19.9 Å². The Labute approximate surface area is 157 Å². The summed E-state index contributed by atoms with van der Waals surface area (Å²) < 4.78 is 17.0. The van der Waals surface area contributed by atoms with Crippen LogP contribution in [0.1, 0.15) is 39.2 Å². The predicted octanol–water partition coefficient (Wildman–Crippen LogP) is 2.97. The third-order valence-corrected chi connectivity index (χ3v) is 3.78. The van der Waals surface area contributed by atoms with Crippen LogP contribution in [0.15, 0.2) is 23.2 Å². The Hall–Kier alpha value is -1.95. The molecule has 1 heterocycles. The molecule has 26 heavy (non-hydrogen) atoms. The zero-order chi connectivity index (χ0) is 18.6. The van der Waals surface area contributed by atoms with Crippen LogP contribution in [0.2, 0.25) is 0 Å². The molecule has 0 atom stereocenters. The first-order valence-electron chi connectivity index (χ1n) is 9.67. The SMILES string of the molecule is CCNC(=NCc1ccc2c(c1)OCCCO2)NCCCOCC(C)C. The van der Waals surface area contributed by atoms with Crippen molar-refractivity contribution in [3.63, 3.8) is 0 Å². The van der Waals surface area contributed by atoms with E-state index >= 15 is 0 Å². The summed E-state index contributed by atoms with van der Waals surface area (Å²) >= 11 is 0. The average Bonchev–Trinajstić information content (AvgIpc) is 2.87. The van der Waals surface area contributed by atoms with Gasteiger partial charge in [-0.2, -0.15) is 0 Å². The molecule has 0 saturated heterocycles. The molecule has 2 N–H and O–H groups in total. The van der Waals surface area contributed by atoms with E-state index in [2.05, 4.69) is 36.4 Å². The number of fused-ring (bicyclic) bond motifs is 1. The van der Waals surface area contributed by atoms with Crippen molar-refractivity contribution < 1.29 is 14.2 Å². The lowest BCUT2D eigenvalue weighted by atomic mass is 10.2. The van der Waals surface area contributed by atoms with E-state index in [1.54, 1.807) is 0 Å². The fraction of sp³-hybridized carbons (Fsp3) is 0.650. The van der Waals surface area contributed by atoms with Gasteiger partial charge in [0.05, 0.1) is 19.8 Å². The minimum atomic E-state index is 0.581. The average molecular weight is 364 g/mol. The van der Waals surface area contributed by atoms with E-state index in [9.17, 15) is 0 Å². The Kier molecular flexibility index (Phi) is 9.10. The first-order chi connectivity index (χ1) is 12.7. The second-order valence-corrected chi connectivity index (χ2v) is 6.78. The van der Waals surface area contributed by atoms with Gasteiger partial charge in [0.25, 0.3) is 0 Å². The number of aliphatic imine (C=N–C) groups is 1. The van der Waals surface area contributed by atoms with Gasteiger partial charge in [-0.25, -0.2) is 4.99 Å². The van der Waals surface area contributed by atoms with Gasteiger partial charge in [-0.05, 0) is 37.0 Å². The van der Waals surface area contributed by atoms with Gasteiger partial charge in [0.1, 0.15) is 0 Å². The summed E-state index contributed by atoms with van der Waals surface area (Å²) in [5.41, 5.74) is 1.10. The molecule has 0 spiro atoms. The smallest absolute Gasteiger partial charge is 0.191 e. The molecule has 0 unspecified atom stereocenters. The zero-order valence-corrected chi connectivity index (χ0v) is 16.3. The first kappa shape index (κ1) is 20.4. The van der Waals surface area contributed by atoms with Crippen LogP contribution in [0.25, 0.3) is 0 Å². The summed E-state index contributed by atoms with van der Waals surface area (Å²) in [6, 6.07) is 6.03. The normalized spacial score (nSPS) is 14.2. The van der Waals surface area contributed by atoms with E-state index in [-0.39, 0.29) is 0 Å². The van der Waals surface area contributed by atoms with Crippen molar-refractivity contribution in [3.05, 3.63) is 23.8 Å². The van der Waals surface area contributed by atoms with Gasteiger partial charge in [-0.3, -0.25) is 0 Å². The number of rotatable bonds is 9. The maximum absolute atomic E-state index is 5.74. The quantitative estimate of drug-likeness (QED) is 0.401. The molecule has 1 aromatic rings. The van der Waals surface area contributed by atoms with E-state index in [1.807, 2.05) is 18.2 Å². The molecule has 146 valence electrons. The van der Waals surface area contributed by atoms with Crippen molar-refractivity contribution in [2.75, 3.05) is 39.5 Å². The number of benzene rings is 1. The van der Waals surface area contributed by atoms with Crippen molar-refractivity contribution in [2.45, 2.75) is 40.2 Å². The second-order valence-electron chi connectivity index (χ2n) is 6.78. The van der Waals surface area contributed by atoms with Gasteiger partial charge in [-0.15, -0.1) is 0 Å². The van der Waals surface area contributed by atoms with E-state index in [0.29, 0.717) is 25.7 Å². The fourth-order valence-electron chi connectivity index (χ4n) is 2.52. The van der Waals surface area contributed by atoms with Crippen LogP contribution in [0.5, 0.6) is 11.5 Å². The highest BCUT2D eigenvalue weighted by Crippen LogP contribution is 2.30. The third kappa shape index (κ3) is 7.52. The second kappa shape index (κ2) is 11.6. The largest absolute Gasteiger partial charge is 0.490 e. The molecular weight excluding hydrogens is 330 g/mol. The summed E-state index contributed by atoms with van der Waals surface area (Å²) in [6.07, 6.45) is 1.87. The lowest BCUT2D eigenvalue weighted by molar-refractivity contribution is 0.108. The molecule has 0 bridgehead atoms. The molecule has 0 radical (unpaired) electrons. The van der Waals surface area contributed by atoms with Crippen molar-refractivity contribution in [2.24, 2.45) is 10.9 Å². The molecule has 0 aliphatic carbocycles. The molecule has 1 aliphatic heterocycles. The third-order valence-electron chi connectivity index (χ3n) is 3.78. The molecule has 6 heteroatoms. The van der Waals surface area contributed by atoms with Crippen LogP contribution in [0, 0.1) is 5.92 Å². The highest BCUT2D eigenvalue weighted by atomic mass is 16.5. The van der Waals surface area contributed by atoms with Crippen molar-refractivity contribution in [3.8, 4) is 11.5 Å². The van der Waals surface area contributed by atoms with Gasteiger partial charge < -0.3 is 24.8 Å². The molecular formula is C20H33N3O3. The number of ether oxygens (including phenoxy) is 3. The molecule has 6 nitrogen and oxygen atoms in total. The molecule has 1 aliphatic rings. The van der Waals surface area contributed by atoms with Crippen LogP contribution >= 0.6 is 0 Å². The number of hydrogen-bond acceptors (Lipinski definition) is 4. The van der Waals surface area contributed by atoms with Gasteiger partial charge >= 0.3 is 0 Å². The molecule has 2 rings (SSSR count). The lowest BCUT2D eigenvalue weighted by Gasteiger charge is -2.12. The lowest BCUT2D eigenvalue weighted by Crippen LogP contribution is -2.38. The van der Waals surface area contributed by atoms with E-state index in [4.69, 9.17) is 14.2 Å². The topological polar surface area (TPSA) is 64.1 Å². The summed E-state index contributed by atoms with van der Waals surface area (Å²) in [4.78, 5) is 4.66. The maximum Gasteiger partial charge on any atom is 0.191 e. The minimum Gasteiger partial charge on any atom is -0.490 e. The van der Waals surface area contributed by atoms with E-state index in [1.165, 1.54) is 0 Å². The van der Waals surface area contributed by atoms with Crippen molar-refractivity contribution in [1.82, 2.24) is 10.6 Å². The molecule has 0 amide bonds. The number of nitrogens with zero attached hydrogens (tertiary/aromatic N) is 1. The molecule has 0 fully saturated rings. The first-order valence-corrected chi connectivity index (χ1v) is 9.67. The monoisotopic (exact) mass is 363 g/mol. The van der Waals surface area contributed by atoms with Gasteiger partial charge in [0, 0.05) is 32.7 Å². The predicted molar refractivity (Wildman–Crippen MR) is 105 cm³/mol. The van der Waals surface area contributed by atoms with Crippen LogP contribution in [0.4, 0.5) is 0 Å². The van der Waals surface area contributed by atoms with Crippen LogP contribution in [0.3, 0.4) is 0 Å². The standard InChI is InChI=1S/C20H33N3O3/c1-4-21-20(22-9-5-10-24-15-16(2)3)23-14-17-7-8-18-19(13-17)26-12-6-11-25-18/h7-8,13,16H,4-6,9-12,14-15H2,1-3H3,(H2,21,22,23). The Bertz CT molecular complexity index is 561. The molecule has 0 saturated carbocycles. The fourth-order valence-corrected chi connectivity index (χ4v) is 2.52. The maximum atomic E-state index is 5.74. The van der Waals surface area contributed by atoms with Crippen LogP contribution in [-0.2, 0) is 11.3 Å². The zero-order valence-electron chi connectivity index (χ0n) is 16.3. The number of nitrogens with one attached hydrogen (secondary N) is 2. The Morgan fingerprint density at radius 2 is 2.00 bits per heavy atom. The van der Waals surface area contributed by atoms with Crippen LogP contribution in [-0.4, -0.2) is 45.5 Å². The van der Waals surface area contributed by atoms with E-state index in [0.717, 1.165) is 62.2 Å².